The van der Waals surface area contributed by atoms with Crippen molar-refractivity contribution in [2.24, 2.45) is 18.7 Å². The first-order valence-electron chi connectivity index (χ1n) is 6.39. The molecule has 1 atom stereocenters. The summed E-state index contributed by atoms with van der Waals surface area (Å²) < 4.78 is 1.60. The van der Waals surface area contributed by atoms with Crippen molar-refractivity contribution in [2.45, 2.75) is 13.3 Å². The number of hydrogen-bond acceptors (Lipinski definition) is 3. The molecule has 1 amide bonds. The van der Waals surface area contributed by atoms with Gasteiger partial charge in [0.2, 0.25) is 5.91 Å². The van der Waals surface area contributed by atoms with E-state index in [1.165, 1.54) is 0 Å². The Hall–Kier alpha value is -1.33. The van der Waals surface area contributed by atoms with Crippen molar-refractivity contribution in [2.75, 3.05) is 19.6 Å². The van der Waals surface area contributed by atoms with Gasteiger partial charge in [-0.15, -0.1) is 0 Å². The van der Waals surface area contributed by atoms with E-state index >= 15 is 0 Å². The van der Waals surface area contributed by atoms with Gasteiger partial charge in [0.15, 0.2) is 0 Å². The average Bonchev–Trinajstić information content (AvgIpc) is 2.94. The van der Waals surface area contributed by atoms with Gasteiger partial charge in [-0.2, -0.15) is 5.10 Å². The second-order valence-electron chi connectivity index (χ2n) is 4.92. The highest BCUT2D eigenvalue weighted by Gasteiger charge is 2.23. The third kappa shape index (κ3) is 2.98. The Kier molecular flexibility index (Phi) is 4.27. The van der Waals surface area contributed by atoms with Gasteiger partial charge >= 0.3 is 0 Å². The fraction of sp³-hybridized carbons (Fsp3) is 0.538. The highest BCUT2D eigenvalue weighted by atomic mass is 35.5. The van der Waals surface area contributed by atoms with E-state index in [0.29, 0.717) is 17.6 Å². The fourth-order valence-electron chi connectivity index (χ4n) is 2.32. The van der Waals surface area contributed by atoms with Crippen molar-refractivity contribution in [3.8, 4) is 0 Å². The van der Waals surface area contributed by atoms with E-state index in [1.54, 1.807) is 23.9 Å². The number of aromatic nitrogens is 2. The summed E-state index contributed by atoms with van der Waals surface area (Å²) in [6, 6.07) is 0. The summed E-state index contributed by atoms with van der Waals surface area (Å²) in [5.74, 6) is 0.441. The standard InChI is InChI=1S/C13H19ClN4O/c1-9-11(13(14)17(2)16-9)3-4-12(19)18-6-5-10(7-15)8-18/h3-4,10H,5-8,15H2,1-2H3/b4-3+. The molecule has 0 bridgehead atoms. The Morgan fingerprint density at radius 3 is 2.89 bits per heavy atom. The molecule has 1 aromatic heterocycles. The van der Waals surface area contributed by atoms with E-state index in [2.05, 4.69) is 5.10 Å². The van der Waals surface area contributed by atoms with Crippen molar-refractivity contribution in [3.63, 3.8) is 0 Å². The lowest BCUT2D eigenvalue weighted by Gasteiger charge is -2.13. The van der Waals surface area contributed by atoms with Crippen molar-refractivity contribution in [1.82, 2.24) is 14.7 Å². The van der Waals surface area contributed by atoms with Crippen LogP contribution in [0.3, 0.4) is 0 Å². The van der Waals surface area contributed by atoms with Crippen molar-refractivity contribution in [1.29, 1.82) is 0 Å². The Balaban J connectivity index is 2.04. The van der Waals surface area contributed by atoms with Gasteiger partial charge in [0.05, 0.1) is 5.69 Å². The second-order valence-corrected chi connectivity index (χ2v) is 5.28. The van der Waals surface area contributed by atoms with Crippen LogP contribution in [0.1, 0.15) is 17.7 Å². The number of carbonyl (C=O) groups excluding carboxylic acids is 1. The van der Waals surface area contributed by atoms with Gasteiger partial charge in [-0.3, -0.25) is 9.48 Å². The van der Waals surface area contributed by atoms with Crippen LogP contribution in [0.4, 0.5) is 0 Å². The van der Waals surface area contributed by atoms with Gasteiger partial charge in [0.1, 0.15) is 5.15 Å². The number of nitrogens with zero attached hydrogens (tertiary/aromatic N) is 3. The van der Waals surface area contributed by atoms with Crippen molar-refractivity contribution >= 4 is 23.6 Å². The van der Waals surface area contributed by atoms with Crippen LogP contribution in [0.5, 0.6) is 0 Å². The molecular formula is C13H19ClN4O. The fourth-order valence-corrected chi connectivity index (χ4v) is 2.56. The SMILES string of the molecule is Cc1nn(C)c(Cl)c1/C=C/C(=O)N1CCC(CN)C1. The number of hydrogen-bond donors (Lipinski definition) is 1. The molecule has 0 aromatic carbocycles. The lowest BCUT2D eigenvalue weighted by Crippen LogP contribution is -2.28. The molecule has 1 saturated heterocycles. The number of rotatable bonds is 3. The van der Waals surface area contributed by atoms with Crippen molar-refractivity contribution in [3.05, 3.63) is 22.5 Å². The number of carbonyl (C=O) groups is 1. The highest BCUT2D eigenvalue weighted by molar-refractivity contribution is 6.31. The minimum Gasteiger partial charge on any atom is -0.339 e. The molecule has 2 rings (SSSR count). The molecule has 5 nitrogen and oxygen atoms in total. The van der Waals surface area contributed by atoms with Crippen LogP contribution in [0.25, 0.3) is 6.08 Å². The average molecular weight is 283 g/mol. The normalized spacial score (nSPS) is 19.6. The zero-order valence-electron chi connectivity index (χ0n) is 11.3. The maximum atomic E-state index is 12.0. The number of likely N-dealkylation sites (tertiary alicyclic amines) is 1. The van der Waals surface area contributed by atoms with E-state index < -0.39 is 0 Å². The smallest absolute Gasteiger partial charge is 0.246 e. The molecule has 1 unspecified atom stereocenters. The van der Waals surface area contributed by atoms with Gasteiger partial charge in [-0.25, -0.2) is 0 Å². The van der Waals surface area contributed by atoms with Crippen LogP contribution in [-0.2, 0) is 11.8 Å². The highest BCUT2D eigenvalue weighted by Crippen LogP contribution is 2.21. The Bertz CT molecular complexity index is 509. The Morgan fingerprint density at radius 1 is 1.63 bits per heavy atom. The van der Waals surface area contributed by atoms with Crippen LogP contribution >= 0.6 is 11.6 Å². The molecule has 2 N–H and O–H groups in total. The molecule has 1 aliphatic rings. The zero-order valence-corrected chi connectivity index (χ0v) is 12.0. The molecule has 0 spiro atoms. The molecule has 1 aromatic rings. The minimum absolute atomic E-state index is 0.00951. The van der Waals surface area contributed by atoms with Crippen molar-refractivity contribution < 1.29 is 4.79 Å². The van der Waals surface area contributed by atoms with Gasteiger partial charge < -0.3 is 10.6 Å². The molecule has 0 saturated carbocycles. The largest absolute Gasteiger partial charge is 0.339 e. The van der Waals surface area contributed by atoms with Crippen LogP contribution in [0, 0.1) is 12.8 Å². The topological polar surface area (TPSA) is 64.2 Å². The first kappa shape index (κ1) is 14.1. The van der Waals surface area contributed by atoms with E-state index in [1.807, 2.05) is 11.8 Å². The molecule has 1 fully saturated rings. The monoisotopic (exact) mass is 282 g/mol. The molecule has 0 aliphatic carbocycles. The van der Waals surface area contributed by atoms with E-state index in [0.717, 1.165) is 30.8 Å². The predicted molar refractivity (Wildman–Crippen MR) is 75.7 cm³/mol. The predicted octanol–water partition coefficient (Wildman–Crippen LogP) is 1.20. The summed E-state index contributed by atoms with van der Waals surface area (Å²) in [5, 5.41) is 4.75. The summed E-state index contributed by atoms with van der Waals surface area (Å²) >= 11 is 6.11. The third-order valence-corrected chi connectivity index (χ3v) is 3.97. The molecule has 6 heteroatoms. The first-order chi connectivity index (χ1) is 9.02. The molecule has 19 heavy (non-hydrogen) atoms. The van der Waals surface area contributed by atoms with Gasteiger partial charge in [0, 0.05) is 31.8 Å². The van der Waals surface area contributed by atoms with E-state index in [-0.39, 0.29) is 5.91 Å². The molecular weight excluding hydrogens is 264 g/mol. The molecule has 2 heterocycles. The van der Waals surface area contributed by atoms with Crippen LogP contribution in [0.2, 0.25) is 5.15 Å². The van der Waals surface area contributed by atoms with Gasteiger partial charge in [-0.05, 0) is 31.9 Å². The Morgan fingerprint density at radius 2 is 2.37 bits per heavy atom. The number of halogens is 1. The first-order valence-corrected chi connectivity index (χ1v) is 6.77. The summed E-state index contributed by atoms with van der Waals surface area (Å²) in [5.41, 5.74) is 7.23. The summed E-state index contributed by atoms with van der Waals surface area (Å²) in [7, 11) is 1.78. The maximum Gasteiger partial charge on any atom is 0.246 e. The van der Waals surface area contributed by atoms with Crippen LogP contribution in [-0.4, -0.2) is 40.2 Å². The molecule has 104 valence electrons. The summed E-state index contributed by atoms with van der Waals surface area (Å²) in [6.07, 6.45) is 4.29. The Labute approximate surface area is 118 Å². The second kappa shape index (κ2) is 5.75. The third-order valence-electron chi connectivity index (χ3n) is 3.52. The quantitative estimate of drug-likeness (QED) is 0.848. The van der Waals surface area contributed by atoms with E-state index in [4.69, 9.17) is 17.3 Å². The van der Waals surface area contributed by atoms with Crippen LogP contribution in [0.15, 0.2) is 6.08 Å². The number of aryl methyl sites for hydroxylation is 2. The van der Waals surface area contributed by atoms with Gasteiger partial charge in [0.25, 0.3) is 0 Å². The molecule has 0 radical (unpaired) electrons. The number of nitrogens with two attached hydrogens (primary N) is 1. The lowest BCUT2D eigenvalue weighted by molar-refractivity contribution is -0.125. The lowest BCUT2D eigenvalue weighted by atomic mass is 10.1. The zero-order chi connectivity index (χ0) is 14.0. The molecule has 1 aliphatic heterocycles. The van der Waals surface area contributed by atoms with Crippen LogP contribution < -0.4 is 5.73 Å². The van der Waals surface area contributed by atoms with Gasteiger partial charge in [-0.1, -0.05) is 11.6 Å². The summed E-state index contributed by atoms with van der Waals surface area (Å²) in [4.78, 5) is 13.9. The minimum atomic E-state index is 0.00951. The maximum absolute atomic E-state index is 12.0. The summed E-state index contributed by atoms with van der Waals surface area (Å²) in [6.45, 7) is 4.04. The van der Waals surface area contributed by atoms with E-state index in [9.17, 15) is 4.79 Å². The number of amides is 1.